The first kappa shape index (κ1) is 25.9. The van der Waals surface area contributed by atoms with Crippen LogP contribution < -0.4 is 0 Å². The summed E-state index contributed by atoms with van der Waals surface area (Å²) >= 11 is 0. The fraction of sp³-hybridized carbons (Fsp3) is 0.321. The van der Waals surface area contributed by atoms with E-state index in [0.29, 0.717) is 14.7 Å². The van der Waals surface area contributed by atoms with Crippen LogP contribution in [-0.2, 0) is 21.8 Å². The zero-order valence-corrected chi connectivity index (χ0v) is 20.4. The summed E-state index contributed by atoms with van der Waals surface area (Å²) in [4.78, 5) is 13.9. The highest BCUT2D eigenvalue weighted by Crippen LogP contribution is 2.69. The largest absolute Gasteiger partial charge is 0.491 e. The summed E-state index contributed by atoms with van der Waals surface area (Å²) in [6.07, 6.45) is 0.826. The first-order valence-corrected chi connectivity index (χ1v) is 13.2. The minimum Gasteiger partial charge on any atom is -0.395 e. The molecule has 0 radical (unpaired) electrons. The van der Waals surface area contributed by atoms with Gasteiger partial charge in [-0.1, -0.05) is 69.2 Å². The summed E-state index contributed by atoms with van der Waals surface area (Å²) in [5, 5.41) is 0. The van der Waals surface area contributed by atoms with Crippen LogP contribution >= 0.6 is 10.3 Å². The monoisotopic (exact) mass is 488 g/mol. The van der Waals surface area contributed by atoms with E-state index in [1.54, 1.807) is 30.3 Å². The van der Waals surface area contributed by atoms with Gasteiger partial charge in [0.2, 0.25) is 0 Å². The zero-order chi connectivity index (χ0) is 24.6. The maximum absolute atomic E-state index is 13.5. The molecule has 6 heteroatoms. The SMILES string of the molecule is CCCCc1ccc(S(OC(=O)C(F)(F)F)(c2ccccc2)c2ccc(CCCC)cc2)cc1. The quantitative estimate of drug-likeness (QED) is 0.285. The van der Waals surface area contributed by atoms with E-state index in [9.17, 15) is 18.0 Å². The summed E-state index contributed by atoms with van der Waals surface area (Å²) in [5.41, 5.74) is 2.20. The predicted molar refractivity (Wildman–Crippen MR) is 131 cm³/mol. The normalized spacial score (nSPS) is 12.4. The Bertz CT molecular complexity index is 994. The van der Waals surface area contributed by atoms with Gasteiger partial charge in [0.15, 0.2) is 0 Å². The molecule has 0 saturated carbocycles. The molecule has 0 bridgehead atoms. The lowest BCUT2D eigenvalue weighted by atomic mass is 10.1. The Hall–Kier alpha value is -2.73. The third-order valence-electron chi connectivity index (χ3n) is 5.66. The minimum atomic E-state index is -5.10. The van der Waals surface area contributed by atoms with E-state index in [1.807, 2.05) is 48.5 Å². The average Bonchev–Trinajstić information content (AvgIpc) is 2.85. The van der Waals surface area contributed by atoms with Crippen LogP contribution in [0.2, 0.25) is 0 Å². The van der Waals surface area contributed by atoms with Gasteiger partial charge in [-0.2, -0.15) is 13.2 Å². The van der Waals surface area contributed by atoms with E-state index in [0.717, 1.165) is 49.7 Å². The molecule has 2 nitrogen and oxygen atoms in total. The van der Waals surface area contributed by atoms with Crippen molar-refractivity contribution in [1.29, 1.82) is 0 Å². The molecule has 0 heterocycles. The van der Waals surface area contributed by atoms with Crippen molar-refractivity contribution in [3.05, 3.63) is 90.0 Å². The minimum absolute atomic E-state index is 0.537. The Kier molecular flexibility index (Phi) is 8.84. The molecule has 0 aliphatic rings. The van der Waals surface area contributed by atoms with Crippen molar-refractivity contribution in [2.75, 3.05) is 0 Å². The van der Waals surface area contributed by atoms with Crippen LogP contribution in [-0.4, -0.2) is 12.1 Å². The number of hydrogen-bond donors (Lipinski definition) is 0. The van der Waals surface area contributed by atoms with Crippen molar-refractivity contribution in [3.63, 3.8) is 0 Å². The number of rotatable bonds is 10. The molecule has 0 saturated heterocycles. The molecule has 3 rings (SSSR count). The standard InChI is InChI=1S/C28H31F3O2S/c1-3-5-10-22-14-18-25(19-15-22)34(24-12-8-7-9-13-24,33-27(32)28(29,30)31)26-20-16-23(17-21-26)11-6-4-2/h7-9,12-21H,3-6,10-11H2,1-2H3. The van der Waals surface area contributed by atoms with Crippen LogP contribution in [0.1, 0.15) is 50.7 Å². The molecular formula is C28H31F3O2S. The van der Waals surface area contributed by atoms with Gasteiger partial charge < -0.3 is 4.18 Å². The van der Waals surface area contributed by atoms with Gasteiger partial charge in [0.25, 0.3) is 0 Å². The molecule has 0 aromatic heterocycles. The Morgan fingerprint density at radius 1 is 0.706 bits per heavy atom. The highest BCUT2D eigenvalue weighted by atomic mass is 32.3. The molecule has 0 aliphatic heterocycles. The lowest BCUT2D eigenvalue weighted by Gasteiger charge is -2.40. The van der Waals surface area contributed by atoms with Crippen LogP contribution in [0.25, 0.3) is 0 Å². The molecule has 0 atom stereocenters. The Morgan fingerprint density at radius 3 is 1.50 bits per heavy atom. The van der Waals surface area contributed by atoms with E-state index in [4.69, 9.17) is 4.18 Å². The number of hydrogen-bond acceptors (Lipinski definition) is 2. The second-order valence-corrected chi connectivity index (χ2v) is 10.9. The highest BCUT2D eigenvalue weighted by Gasteiger charge is 2.47. The molecule has 0 unspecified atom stereocenters. The molecule has 0 N–H and O–H groups in total. The van der Waals surface area contributed by atoms with Crippen LogP contribution in [0.3, 0.4) is 0 Å². The summed E-state index contributed by atoms with van der Waals surface area (Å²) in [6.45, 7) is 4.22. The van der Waals surface area contributed by atoms with Crippen LogP contribution in [0.4, 0.5) is 13.2 Å². The number of benzene rings is 3. The highest BCUT2D eigenvalue weighted by molar-refractivity contribution is 8.30. The molecule has 0 aliphatic carbocycles. The predicted octanol–water partition coefficient (Wildman–Crippen LogP) is 8.67. The number of aryl methyl sites for hydroxylation is 2. The van der Waals surface area contributed by atoms with Crippen LogP contribution in [0.5, 0.6) is 0 Å². The van der Waals surface area contributed by atoms with E-state index >= 15 is 0 Å². The van der Waals surface area contributed by atoms with Crippen molar-refractivity contribution < 1.29 is 22.1 Å². The van der Waals surface area contributed by atoms with Gasteiger partial charge in [-0.15, -0.1) is 0 Å². The second-order valence-electron chi connectivity index (χ2n) is 8.23. The summed E-state index contributed by atoms with van der Waals surface area (Å²) in [6, 6.07) is 23.7. The van der Waals surface area contributed by atoms with E-state index < -0.39 is 22.5 Å². The lowest BCUT2D eigenvalue weighted by Crippen LogP contribution is -2.27. The van der Waals surface area contributed by atoms with Gasteiger partial charge in [-0.25, -0.2) is 4.79 Å². The van der Waals surface area contributed by atoms with Gasteiger partial charge in [0.05, 0.1) is 0 Å². The number of carbonyl (C=O) groups is 1. The van der Waals surface area contributed by atoms with E-state index in [2.05, 4.69) is 13.8 Å². The first-order valence-electron chi connectivity index (χ1n) is 11.7. The van der Waals surface area contributed by atoms with Gasteiger partial charge in [-0.05, 0) is 83.5 Å². The molecule has 182 valence electrons. The van der Waals surface area contributed by atoms with E-state index in [1.165, 1.54) is 0 Å². The number of halogens is 3. The smallest absolute Gasteiger partial charge is 0.395 e. The topological polar surface area (TPSA) is 26.3 Å². The molecule has 0 fully saturated rings. The maximum Gasteiger partial charge on any atom is 0.491 e. The second kappa shape index (κ2) is 11.6. The Labute approximate surface area is 201 Å². The zero-order valence-electron chi connectivity index (χ0n) is 19.6. The lowest BCUT2D eigenvalue weighted by molar-refractivity contribution is -0.188. The fourth-order valence-corrected chi connectivity index (χ4v) is 6.79. The Morgan fingerprint density at radius 2 is 1.12 bits per heavy atom. The van der Waals surface area contributed by atoms with Crippen molar-refractivity contribution in [2.45, 2.75) is 73.2 Å². The first-order chi connectivity index (χ1) is 16.3. The summed E-state index contributed by atoms with van der Waals surface area (Å²) in [5.74, 6) is -2.18. The average molecular weight is 489 g/mol. The third kappa shape index (κ3) is 6.03. The number of carbonyl (C=O) groups excluding carboxylic acids is 1. The molecule has 34 heavy (non-hydrogen) atoms. The molecule has 3 aromatic rings. The van der Waals surface area contributed by atoms with Crippen molar-refractivity contribution in [2.24, 2.45) is 0 Å². The van der Waals surface area contributed by atoms with Gasteiger partial charge >= 0.3 is 12.1 Å². The van der Waals surface area contributed by atoms with Gasteiger partial charge in [-0.3, -0.25) is 0 Å². The van der Waals surface area contributed by atoms with E-state index in [-0.39, 0.29) is 0 Å². The van der Waals surface area contributed by atoms with Crippen LogP contribution in [0.15, 0.2) is 93.5 Å². The molecule has 0 spiro atoms. The van der Waals surface area contributed by atoms with Gasteiger partial charge in [0, 0.05) is 14.7 Å². The maximum atomic E-state index is 13.5. The summed E-state index contributed by atoms with van der Waals surface area (Å²) < 4.78 is 45.9. The van der Waals surface area contributed by atoms with Crippen molar-refractivity contribution in [1.82, 2.24) is 0 Å². The fourth-order valence-electron chi connectivity index (χ4n) is 3.78. The van der Waals surface area contributed by atoms with Gasteiger partial charge in [0.1, 0.15) is 0 Å². The molecule has 3 aromatic carbocycles. The number of unbranched alkanes of at least 4 members (excludes halogenated alkanes) is 2. The Balaban J connectivity index is 2.19. The molecule has 0 amide bonds. The van der Waals surface area contributed by atoms with Crippen molar-refractivity contribution >= 4 is 16.3 Å². The van der Waals surface area contributed by atoms with Crippen LogP contribution in [0, 0.1) is 0 Å². The van der Waals surface area contributed by atoms with Crippen molar-refractivity contribution in [3.8, 4) is 0 Å². The third-order valence-corrected chi connectivity index (χ3v) is 8.87. The molecular weight excluding hydrogens is 457 g/mol. The summed E-state index contributed by atoms with van der Waals surface area (Å²) in [7, 11) is -2.96. The number of alkyl halides is 3.